The van der Waals surface area contributed by atoms with Crippen LogP contribution >= 0.6 is 0 Å². The second-order valence-corrected chi connectivity index (χ2v) is 7.85. The number of hydrogen-bond donors (Lipinski definition) is 1. The molecule has 146 valence electrons. The van der Waals surface area contributed by atoms with Gasteiger partial charge in [0.1, 0.15) is 11.4 Å². The minimum absolute atomic E-state index is 0.0723. The number of aromatic nitrogens is 3. The summed E-state index contributed by atoms with van der Waals surface area (Å²) < 4.78 is 2.00. The van der Waals surface area contributed by atoms with Crippen LogP contribution in [0.2, 0.25) is 0 Å². The SMILES string of the molecule is Cc1nnc([C@]2(O)CCN(CCc3ccccc3)C[C@H]2C)n1-c1ccccc1. The number of aliphatic hydroxyl groups is 1. The molecule has 3 aromatic rings. The Hall–Kier alpha value is -2.50. The summed E-state index contributed by atoms with van der Waals surface area (Å²) in [5.41, 5.74) is 1.38. The van der Waals surface area contributed by atoms with E-state index in [1.54, 1.807) is 0 Å². The topological polar surface area (TPSA) is 54.2 Å². The van der Waals surface area contributed by atoms with Gasteiger partial charge in [-0.2, -0.15) is 0 Å². The van der Waals surface area contributed by atoms with Crippen LogP contribution in [0.1, 0.15) is 30.6 Å². The van der Waals surface area contributed by atoms with E-state index in [-0.39, 0.29) is 5.92 Å². The summed E-state index contributed by atoms with van der Waals surface area (Å²) >= 11 is 0. The van der Waals surface area contributed by atoms with Crippen LogP contribution in [-0.2, 0) is 12.0 Å². The number of nitrogens with zero attached hydrogens (tertiary/aromatic N) is 4. The van der Waals surface area contributed by atoms with Crippen molar-refractivity contribution >= 4 is 0 Å². The summed E-state index contributed by atoms with van der Waals surface area (Å²) in [6.07, 6.45) is 1.69. The molecular weight excluding hydrogens is 348 g/mol. The van der Waals surface area contributed by atoms with E-state index in [0.717, 1.165) is 37.6 Å². The second-order valence-electron chi connectivity index (χ2n) is 7.85. The molecule has 4 rings (SSSR count). The fraction of sp³-hybridized carbons (Fsp3) is 0.391. The van der Waals surface area contributed by atoms with E-state index in [4.69, 9.17) is 0 Å². The Labute approximate surface area is 166 Å². The zero-order chi connectivity index (χ0) is 19.6. The van der Waals surface area contributed by atoms with Crippen LogP contribution in [0.3, 0.4) is 0 Å². The minimum atomic E-state index is -0.972. The third-order valence-electron chi connectivity index (χ3n) is 5.94. The molecule has 5 nitrogen and oxygen atoms in total. The fourth-order valence-corrected chi connectivity index (χ4v) is 4.20. The lowest BCUT2D eigenvalue weighted by Crippen LogP contribution is -2.50. The third-order valence-corrected chi connectivity index (χ3v) is 5.94. The summed E-state index contributed by atoms with van der Waals surface area (Å²) in [4.78, 5) is 2.45. The molecule has 2 aromatic carbocycles. The highest BCUT2D eigenvalue weighted by molar-refractivity contribution is 5.35. The predicted octanol–water partition coefficient (Wildman–Crippen LogP) is 3.35. The lowest BCUT2D eigenvalue weighted by atomic mass is 9.81. The van der Waals surface area contributed by atoms with E-state index in [0.29, 0.717) is 12.2 Å². The maximum absolute atomic E-state index is 11.6. The first-order valence-corrected chi connectivity index (χ1v) is 10.0. The quantitative estimate of drug-likeness (QED) is 0.742. The number of likely N-dealkylation sites (tertiary alicyclic amines) is 1. The fourth-order valence-electron chi connectivity index (χ4n) is 4.20. The number of benzene rings is 2. The molecule has 1 N–H and O–H groups in total. The van der Waals surface area contributed by atoms with Crippen molar-refractivity contribution < 1.29 is 5.11 Å². The van der Waals surface area contributed by atoms with E-state index in [2.05, 4.69) is 52.4 Å². The van der Waals surface area contributed by atoms with Gasteiger partial charge in [0.2, 0.25) is 0 Å². The zero-order valence-corrected chi connectivity index (χ0v) is 16.6. The van der Waals surface area contributed by atoms with Gasteiger partial charge in [-0.05, 0) is 37.5 Å². The van der Waals surface area contributed by atoms with Gasteiger partial charge in [0.15, 0.2) is 5.82 Å². The molecule has 28 heavy (non-hydrogen) atoms. The highest BCUT2D eigenvalue weighted by Crippen LogP contribution is 2.37. The first kappa shape index (κ1) is 18.8. The van der Waals surface area contributed by atoms with Gasteiger partial charge >= 0.3 is 0 Å². The highest BCUT2D eigenvalue weighted by Gasteiger charge is 2.44. The Morgan fingerprint density at radius 1 is 1.04 bits per heavy atom. The van der Waals surface area contributed by atoms with Gasteiger partial charge in [-0.3, -0.25) is 4.57 Å². The summed E-state index contributed by atoms with van der Waals surface area (Å²) in [5, 5.41) is 20.3. The summed E-state index contributed by atoms with van der Waals surface area (Å²) in [6, 6.07) is 20.6. The molecule has 0 spiro atoms. The van der Waals surface area contributed by atoms with E-state index in [9.17, 15) is 5.11 Å². The Bertz CT molecular complexity index is 909. The maximum Gasteiger partial charge on any atom is 0.170 e. The van der Waals surface area contributed by atoms with E-state index in [1.165, 1.54) is 5.56 Å². The van der Waals surface area contributed by atoms with Gasteiger partial charge in [-0.15, -0.1) is 10.2 Å². The van der Waals surface area contributed by atoms with Crippen LogP contribution < -0.4 is 0 Å². The van der Waals surface area contributed by atoms with Crippen LogP contribution in [-0.4, -0.2) is 44.4 Å². The van der Waals surface area contributed by atoms with Gasteiger partial charge in [-0.1, -0.05) is 55.5 Å². The van der Waals surface area contributed by atoms with Crippen molar-refractivity contribution in [1.29, 1.82) is 0 Å². The van der Waals surface area contributed by atoms with Crippen molar-refractivity contribution in [3.8, 4) is 5.69 Å². The molecule has 5 heteroatoms. The Morgan fingerprint density at radius 2 is 1.71 bits per heavy atom. The molecule has 0 unspecified atom stereocenters. The number of piperidine rings is 1. The van der Waals surface area contributed by atoms with Crippen LogP contribution in [0, 0.1) is 12.8 Å². The number of hydrogen-bond acceptors (Lipinski definition) is 4. The molecule has 2 atom stereocenters. The van der Waals surface area contributed by atoms with Crippen molar-refractivity contribution in [3.63, 3.8) is 0 Å². The van der Waals surface area contributed by atoms with E-state index >= 15 is 0 Å². The van der Waals surface area contributed by atoms with Gasteiger partial charge in [0, 0.05) is 31.2 Å². The van der Waals surface area contributed by atoms with E-state index < -0.39 is 5.60 Å². The molecular formula is C23H28N4O. The van der Waals surface area contributed by atoms with Crippen molar-refractivity contribution in [1.82, 2.24) is 19.7 Å². The third kappa shape index (κ3) is 3.60. The molecule has 0 radical (unpaired) electrons. The van der Waals surface area contributed by atoms with Gasteiger partial charge in [0.25, 0.3) is 0 Å². The molecule has 2 heterocycles. The molecule has 0 bridgehead atoms. The van der Waals surface area contributed by atoms with Crippen molar-refractivity contribution in [3.05, 3.63) is 77.9 Å². The molecule has 0 aliphatic carbocycles. The van der Waals surface area contributed by atoms with Crippen LogP contribution in [0.4, 0.5) is 0 Å². The summed E-state index contributed by atoms with van der Waals surface area (Å²) in [7, 11) is 0. The Kier molecular flexibility index (Phi) is 5.29. The van der Waals surface area contributed by atoms with Crippen molar-refractivity contribution in [2.24, 2.45) is 5.92 Å². The highest BCUT2D eigenvalue weighted by atomic mass is 16.3. The molecule has 0 saturated carbocycles. The predicted molar refractivity (Wildman–Crippen MR) is 110 cm³/mol. The first-order valence-electron chi connectivity index (χ1n) is 10.0. The van der Waals surface area contributed by atoms with Gasteiger partial charge in [0.05, 0.1) is 0 Å². The molecule has 0 amide bonds. The summed E-state index contributed by atoms with van der Waals surface area (Å²) in [5.74, 6) is 1.53. The van der Waals surface area contributed by atoms with Crippen LogP contribution in [0.5, 0.6) is 0 Å². The van der Waals surface area contributed by atoms with Crippen molar-refractivity contribution in [2.75, 3.05) is 19.6 Å². The number of aryl methyl sites for hydroxylation is 1. The van der Waals surface area contributed by atoms with Gasteiger partial charge in [-0.25, -0.2) is 0 Å². The molecule has 1 aliphatic heterocycles. The van der Waals surface area contributed by atoms with Crippen LogP contribution in [0.25, 0.3) is 5.69 Å². The molecule has 1 fully saturated rings. The lowest BCUT2D eigenvalue weighted by Gasteiger charge is -2.42. The normalized spacial score (nSPS) is 23.0. The second kappa shape index (κ2) is 7.86. The molecule has 1 aliphatic rings. The zero-order valence-electron chi connectivity index (χ0n) is 16.6. The van der Waals surface area contributed by atoms with Crippen LogP contribution in [0.15, 0.2) is 60.7 Å². The number of para-hydroxylation sites is 1. The Balaban J connectivity index is 1.51. The standard InChI is InChI=1S/C23H28N4O/c1-18-17-26(15-13-20-9-5-3-6-10-20)16-14-23(18,28)22-25-24-19(2)27(22)21-11-7-4-8-12-21/h3-12,18,28H,13-17H2,1-2H3/t18-,23+/m1/s1. The molecule has 1 saturated heterocycles. The largest absolute Gasteiger partial charge is 0.381 e. The lowest BCUT2D eigenvalue weighted by molar-refractivity contribution is -0.0784. The number of rotatable bonds is 5. The van der Waals surface area contributed by atoms with Crippen molar-refractivity contribution in [2.45, 2.75) is 32.3 Å². The van der Waals surface area contributed by atoms with Gasteiger partial charge < -0.3 is 10.0 Å². The molecule has 1 aromatic heterocycles. The summed E-state index contributed by atoms with van der Waals surface area (Å²) in [6.45, 7) is 6.77. The first-order chi connectivity index (χ1) is 13.6. The smallest absolute Gasteiger partial charge is 0.170 e. The maximum atomic E-state index is 11.6. The van der Waals surface area contributed by atoms with E-state index in [1.807, 2.05) is 41.8 Å². The minimum Gasteiger partial charge on any atom is -0.381 e. The average molecular weight is 377 g/mol. The average Bonchev–Trinajstić information content (AvgIpc) is 3.12. The monoisotopic (exact) mass is 376 g/mol. The Morgan fingerprint density at radius 3 is 2.39 bits per heavy atom.